The van der Waals surface area contributed by atoms with E-state index in [-0.39, 0.29) is 10.6 Å². The van der Waals surface area contributed by atoms with Crippen molar-refractivity contribution in [3.8, 4) is 0 Å². The van der Waals surface area contributed by atoms with Gasteiger partial charge in [-0.1, -0.05) is 57.9 Å². The van der Waals surface area contributed by atoms with Crippen LogP contribution < -0.4 is 0 Å². The van der Waals surface area contributed by atoms with Crippen molar-refractivity contribution in [1.29, 1.82) is 0 Å². The summed E-state index contributed by atoms with van der Waals surface area (Å²) in [5.41, 5.74) is 2.09. The molecule has 2 aromatic rings. The van der Waals surface area contributed by atoms with Crippen LogP contribution in [0.2, 0.25) is 5.02 Å². The van der Waals surface area contributed by atoms with Crippen molar-refractivity contribution >= 4 is 27.5 Å². The molecule has 0 spiro atoms. The van der Waals surface area contributed by atoms with E-state index in [4.69, 9.17) is 11.6 Å². The Balaban J connectivity index is 2.01. The van der Waals surface area contributed by atoms with Crippen molar-refractivity contribution in [2.75, 3.05) is 0 Å². The van der Waals surface area contributed by atoms with Gasteiger partial charge in [-0.15, -0.1) is 0 Å². The van der Waals surface area contributed by atoms with E-state index < -0.39 is 0 Å². The molecule has 0 nitrogen and oxygen atoms in total. The first-order valence-corrected chi connectivity index (χ1v) is 7.09. The minimum atomic E-state index is -0.236. The Morgan fingerprint density at radius 2 is 1.83 bits per heavy atom. The fourth-order valence-corrected chi connectivity index (χ4v) is 2.59. The second kappa shape index (κ2) is 6.35. The van der Waals surface area contributed by atoms with Crippen LogP contribution in [0.1, 0.15) is 22.4 Å². The third-order valence-electron chi connectivity index (χ3n) is 2.84. The minimum absolute atomic E-state index is 0.236. The topological polar surface area (TPSA) is 0 Å². The van der Waals surface area contributed by atoms with Gasteiger partial charge in [-0.05, 0) is 42.2 Å². The van der Waals surface area contributed by atoms with Gasteiger partial charge in [0, 0.05) is 9.85 Å². The van der Waals surface area contributed by atoms with Crippen molar-refractivity contribution in [1.82, 2.24) is 0 Å². The zero-order valence-corrected chi connectivity index (χ0v) is 12.1. The largest absolute Gasteiger partial charge is 0.207 e. The number of hydrogen-bond acceptors (Lipinski definition) is 0. The second-order valence-corrected chi connectivity index (χ2v) is 5.67. The molecule has 0 aliphatic heterocycles. The van der Waals surface area contributed by atoms with E-state index in [0.717, 1.165) is 18.4 Å². The molecular weight excluding hydrogens is 315 g/mol. The Labute approximate surface area is 120 Å². The van der Waals surface area contributed by atoms with Crippen LogP contribution in [-0.2, 0) is 6.42 Å². The molecule has 94 valence electrons. The van der Waals surface area contributed by atoms with E-state index in [0.29, 0.717) is 5.02 Å². The van der Waals surface area contributed by atoms with E-state index in [9.17, 15) is 4.39 Å². The molecule has 0 saturated carbocycles. The molecule has 0 bridgehead atoms. The van der Waals surface area contributed by atoms with Gasteiger partial charge in [0.1, 0.15) is 5.82 Å². The molecule has 0 aliphatic rings. The third-order valence-corrected chi connectivity index (χ3v) is 4.19. The normalized spacial score (nSPS) is 12.4. The zero-order valence-electron chi connectivity index (χ0n) is 9.74. The minimum Gasteiger partial charge on any atom is -0.207 e. The van der Waals surface area contributed by atoms with Crippen LogP contribution in [0.3, 0.4) is 0 Å². The molecule has 0 saturated heterocycles. The molecule has 0 N–H and O–H groups in total. The lowest BCUT2D eigenvalue weighted by Gasteiger charge is -2.11. The van der Waals surface area contributed by atoms with Gasteiger partial charge in [-0.3, -0.25) is 0 Å². The Kier molecular flexibility index (Phi) is 4.79. The van der Waals surface area contributed by atoms with Crippen molar-refractivity contribution in [3.05, 3.63) is 70.5 Å². The fraction of sp³-hybridized carbons (Fsp3) is 0.200. The Morgan fingerprint density at radius 3 is 2.56 bits per heavy atom. The van der Waals surface area contributed by atoms with Crippen molar-refractivity contribution in [3.63, 3.8) is 0 Å². The summed E-state index contributed by atoms with van der Waals surface area (Å²) in [6, 6.07) is 14.7. The summed E-state index contributed by atoms with van der Waals surface area (Å²) in [7, 11) is 0. The molecule has 0 fully saturated rings. The summed E-state index contributed by atoms with van der Waals surface area (Å²) in [6.45, 7) is 0. The van der Waals surface area contributed by atoms with Gasteiger partial charge >= 0.3 is 0 Å². The Hall–Kier alpha value is -0.860. The van der Waals surface area contributed by atoms with Crippen LogP contribution in [0.5, 0.6) is 0 Å². The van der Waals surface area contributed by atoms with Gasteiger partial charge in [-0.25, -0.2) is 4.39 Å². The van der Waals surface area contributed by atoms with Gasteiger partial charge in [0.25, 0.3) is 0 Å². The Bertz CT molecular complexity index is 513. The second-order valence-electron chi connectivity index (χ2n) is 4.15. The molecule has 18 heavy (non-hydrogen) atoms. The van der Waals surface area contributed by atoms with Crippen LogP contribution in [0, 0.1) is 5.82 Å². The molecule has 1 atom stereocenters. The molecule has 3 heteroatoms. The molecule has 0 aliphatic carbocycles. The fourth-order valence-electron chi connectivity index (χ4n) is 1.85. The maximum Gasteiger partial charge on any atom is 0.123 e. The van der Waals surface area contributed by atoms with Crippen molar-refractivity contribution in [2.24, 2.45) is 0 Å². The number of hydrogen-bond donors (Lipinski definition) is 0. The molecule has 0 radical (unpaired) electrons. The molecule has 2 aromatic carbocycles. The summed E-state index contributed by atoms with van der Waals surface area (Å²) < 4.78 is 13.1. The molecule has 0 aromatic heterocycles. The van der Waals surface area contributed by atoms with Crippen LogP contribution in [0.4, 0.5) is 4.39 Å². The highest BCUT2D eigenvalue weighted by Crippen LogP contribution is 2.29. The number of rotatable bonds is 4. The lowest BCUT2D eigenvalue weighted by Crippen LogP contribution is -1.95. The number of benzene rings is 2. The number of alkyl halides is 1. The first-order chi connectivity index (χ1) is 8.66. The van der Waals surface area contributed by atoms with E-state index >= 15 is 0 Å². The van der Waals surface area contributed by atoms with Crippen LogP contribution >= 0.6 is 27.5 Å². The number of aryl methyl sites for hydroxylation is 1. The van der Waals surface area contributed by atoms with Crippen molar-refractivity contribution < 1.29 is 4.39 Å². The lowest BCUT2D eigenvalue weighted by molar-refractivity contribution is 0.624. The maximum absolute atomic E-state index is 13.1. The first kappa shape index (κ1) is 13.6. The highest BCUT2D eigenvalue weighted by atomic mass is 79.9. The third kappa shape index (κ3) is 3.56. The van der Waals surface area contributed by atoms with Crippen LogP contribution in [0.15, 0.2) is 48.5 Å². The van der Waals surface area contributed by atoms with E-state index in [1.807, 2.05) is 18.2 Å². The highest BCUT2D eigenvalue weighted by molar-refractivity contribution is 9.09. The summed E-state index contributed by atoms with van der Waals surface area (Å²) in [4.78, 5) is 0.262. The lowest BCUT2D eigenvalue weighted by atomic mass is 10.0. The smallest absolute Gasteiger partial charge is 0.123 e. The first-order valence-electron chi connectivity index (χ1n) is 5.80. The standard InChI is InChI=1S/C15H13BrClF/c16-14(11-4-2-1-3-5-11)8-6-12-10-13(18)7-9-15(12)17/h1-5,7,9-10,14H,6,8H2. The highest BCUT2D eigenvalue weighted by Gasteiger charge is 2.09. The van der Waals surface area contributed by atoms with Gasteiger partial charge in [-0.2, -0.15) is 0 Å². The predicted octanol–water partition coefficient (Wildman–Crippen LogP) is 5.55. The average Bonchev–Trinajstić information content (AvgIpc) is 2.40. The van der Waals surface area contributed by atoms with Crippen molar-refractivity contribution in [2.45, 2.75) is 17.7 Å². The Morgan fingerprint density at radius 1 is 1.11 bits per heavy atom. The number of halogens is 3. The average molecular weight is 328 g/mol. The summed E-state index contributed by atoms with van der Waals surface area (Å²) in [6.07, 6.45) is 1.63. The maximum atomic E-state index is 13.1. The molecular formula is C15H13BrClF. The SMILES string of the molecule is Fc1ccc(Cl)c(CCC(Br)c2ccccc2)c1. The quantitative estimate of drug-likeness (QED) is 0.646. The summed E-state index contributed by atoms with van der Waals surface area (Å²) in [5.74, 6) is -0.236. The molecule has 0 heterocycles. The van der Waals surface area contributed by atoms with E-state index in [1.165, 1.54) is 17.7 Å². The predicted molar refractivity (Wildman–Crippen MR) is 77.8 cm³/mol. The summed E-state index contributed by atoms with van der Waals surface area (Å²) in [5, 5.41) is 0.629. The van der Waals surface area contributed by atoms with Gasteiger partial charge in [0.2, 0.25) is 0 Å². The van der Waals surface area contributed by atoms with E-state index in [1.54, 1.807) is 6.07 Å². The molecule has 1 unspecified atom stereocenters. The van der Waals surface area contributed by atoms with Crippen LogP contribution in [-0.4, -0.2) is 0 Å². The van der Waals surface area contributed by atoms with Gasteiger partial charge < -0.3 is 0 Å². The molecule has 2 rings (SSSR count). The van der Waals surface area contributed by atoms with Gasteiger partial charge in [0.15, 0.2) is 0 Å². The zero-order chi connectivity index (χ0) is 13.0. The monoisotopic (exact) mass is 326 g/mol. The van der Waals surface area contributed by atoms with Gasteiger partial charge in [0.05, 0.1) is 0 Å². The molecule has 0 amide bonds. The summed E-state index contributed by atoms with van der Waals surface area (Å²) >= 11 is 9.69. The van der Waals surface area contributed by atoms with E-state index in [2.05, 4.69) is 28.1 Å². The van der Waals surface area contributed by atoms with Crippen LogP contribution in [0.25, 0.3) is 0 Å².